The fourth-order valence-electron chi connectivity index (χ4n) is 2.36. The van der Waals surface area contributed by atoms with Crippen molar-refractivity contribution in [3.63, 3.8) is 0 Å². The van der Waals surface area contributed by atoms with Gasteiger partial charge in [-0.2, -0.15) is 0 Å². The normalized spacial score (nSPS) is 25.9. The molecule has 0 bridgehead atoms. The number of carbonyl (C=O) groups is 1. The summed E-state index contributed by atoms with van der Waals surface area (Å²) < 4.78 is 0. The van der Waals surface area contributed by atoms with E-state index in [0.717, 1.165) is 13.1 Å². The molecule has 0 spiro atoms. The van der Waals surface area contributed by atoms with Gasteiger partial charge in [0.05, 0.1) is 0 Å². The molecule has 1 saturated heterocycles. The Morgan fingerprint density at radius 3 is 2.75 bits per heavy atom. The Balaban J connectivity index is 1.88. The molecule has 1 atom stereocenters. The van der Waals surface area contributed by atoms with Crippen LogP contribution in [0.4, 0.5) is 0 Å². The van der Waals surface area contributed by atoms with E-state index in [0.29, 0.717) is 12.1 Å². The maximum atomic E-state index is 11.9. The largest absolute Gasteiger partial charge is 0.335 e. The molecule has 0 aromatic rings. The Labute approximate surface area is 97.9 Å². The lowest BCUT2D eigenvalue weighted by Gasteiger charge is -2.30. The first-order valence-corrected chi connectivity index (χ1v) is 6.48. The summed E-state index contributed by atoms with van der Waals surface area (Å²) in [5, 5.41) is 3.51. The van der Waals surface area contributed by atoms with Gasteiger partial charge in [-0.3, -0.25) is 4.79 Å². The van der Waals surface area contributed by atoms with Crippen LogP contribution in [-0.4, -0.2) is 36.0 Å². The minimum Gasteiger partial charge on any atom is -0.335 e. The van der Waals surface area contributed by atoms with Crippen molar-refractivity contribution in [3.05, 3.63) is 12.2 Å². The minimum absolute atomic E-state index is 0.192. The number of rotatable bonds is 4. The average molecular weight is 222 g/mol. The zero-order valence-corrected chi connectivity index (χ0v) is 10.1. The smallest absolute Gasteiger partial charge is 0.246 e. The number of carbonyl (C=O) groups excluding carboxylic acids is 1. The molecule has 1 heterocycles. The van der Waals surface area contributed by atoms with Gasteiger partial charge in [-0.05, 0) is 45.2 Å². The first-order chi connectivity index (χ1) is 7.81. The van der Waals surface area contributed by atoms with Gasteiger partial charge in [0.15, 0.2) is 0 Å². The summed E-state index contributed by atoms with van der Waals surface area (Å²) in [7, 11) is 0. The molecule has 0 aromatic carbocycles. The van der Waals surface area contributed by atoms with Gasteiger partial charge < -0.3 is 10.2 Å². The van der Waals surface area contributed by atoms with Crippen LogP contribution in [0.2, 0.25) is 0 Å². The number of nitrogens with zero attached hydrogens (tertiary/aromatic N) is 1. The number of hydrogen-bond acceptors (Lipinski definition) is 2. The molecule has 1 N–H and O–H groups in total. The lowest BCUT2D eigenvalue weighted by Crippen LogP contribution is -2.46. The van der Waals surface area contributed by atoms with E-state index >= 15 is 0 Å². The Kier molecular flexibility index (Phi) is 3.99. The van der Waals surface area contributed by atoms with E-state index in [4.69, 9.17) is 0 Å². The fourth-order valence-corrected chi connectivity index (χ4v) is 2.36. The number of amides is 1. The van der Waals surface area contributed by atoms with E-state index in [1.165, 1.54) is 32.1 Å². The average Bonchev–Trinajstić information content (AvgIpc) is 3.11. The number of hydrogen-bond donors (Lipinski definition) is 1. The molecule has 3 nitrogen and oxygen atoms in total. The van der Waals surface area contributed by atoms with Crippen LogP contribution in [0.5, 0.6) is 0 Å². The highest BCUT2D eigenvalue weighted by atomic mass is 16.2. The molecule has 1 saturated carbocycles. The highest BCUT2D eigenvalue weighted by molar-refractivity contribution is 5.88. The zero-order chi connectivity index (χ0) is 11.4. The predicted molar refractivity (Wildman–Crippen MR) is 65.2 cm³/mol. The van der Waals surface area contributed by atoms with Crippen molar-refractivity contribution in [1.82, 2.24) is 10.2 Å². The second-order valence-corrected chi connectivity index (χ2v) is 4.87. The Morgan fingerprint density at radius 1 is 1.38 bits per heavy atom. The topological polar surface area (TPSA) is 32.3 Å². The molecular weight excluding hydrogens is 200 g/mol. The molecule has 3 heteroatoms. The standard InChI is InChI=1S/C13H22N2O/c1-2-5-13(16)15(12-7-8-12)10-11-6-3-4-9-14-11/h2,5,11-12,14H,3-4,6-10H2,1H3/b5-2+. The second-order valence-electron chi connectivity index (χ2n) is 4.87. The third-order valence-electron chi connectivity index (χ3n) is 3.41. The molecule has 2 fully saturated rings. The Morgan fingerprint density at radius 2 is 2.19 bits per heavy atom. The van der Waals surface area contributed by atoms with Crippen LogP contribution in [0.1, 0.15) is 39.0 Å². The van der Waals surface area contributed by atoms with Crippen LogP contribution in [0, 0.1) is 0 Å². The van der Waals surface area contributed by atoms with E-state index in [1.54, 1.807) is 6.08 Å². The molecule has 0 aromatic heterocycles. The summed E-state index contributed by atoms with van der Waals surface area (Å²) in [4.78, 5) is 14.0. The molecule has 1 unspecified atom stereocenters. The van der Waals surface area contributed by atoms with Crippen LogP contribution in [0.3, 0.4) is 0 Å². The lowest BCUT2D eigenvalue weighted by atomic mass is 10.0. The number of piperidine rings is 1. The molecule has 1 aliphatic heterocycles. The first kappa shape index (κ1) is 11.6. The highest BCUT2D eigenvalue weighted by Crippen LogP contribution is 2.27. The summed E-state index contributed by atoms with van der Waals surface area (Å²) >= 11 is 0. The quantitative estimate of drug-likeness (QED) is 0.734. The van der Waals surface area contributed by atoms with Crippen molar-refractivity contribution in [1.29, 1.82) is 0 Å². The Hall–Kier alpha value is -0.830. The molecule has 2 aliphatic rings. The van der Waals surface area contributed by atoms with Gasteiger partial charge in [0, 0.05) is 18.6 Å². The van der Waals surface area contributed by atoms with Crippen molar-refractivity contribution >= 4 is 5.91 Å². The molecule has 16 heavy (non-hydrogen) atoms. The summed E-state index contributed by atoms with van der Waals surface area (Å²) in [5.74, 6) is 0.192. The van der Waals surface area contributed by atoms with Crippen molar-refractivity contribution in [3.8, 4) is 0 Å². The minimum atomic E-state index is 0.192. The Bertz CT molecular complexity index is 265. The zero-order valence-electron chi connectivity index (χ0n) is 10.1. The van der Waals surface area contributed by atoms with E-state index < -0.39 is 0 Å². The van der Waals surface area contributed by atoms with Gasteiger partial charge in [0.1, 0.15) is 0 Å². The lowest BCUT2D eigenvalue weighted by molar-refractivity contribution is -0.127. The molecular formula is C13H22N2O. The van der Waals surface area contributed by atoms with Crippen molar-refractivity contribution in [2.45, 2.75) is 51.1 Å². The molecule has 2 rings (SSSR count). The van der Waals surface area contributed by atoms with Gasteiger partial charge in [-0.25, -0.2) is 0 Å². The monoisotopic (exact) mass is 222 g/mol. The van der Waals surface area contributed by atoms with Crippen LogP contribution >= 0.6 is 0 Å². The third-order valence-corrected chi connectivity index (χ3v) is 3.41. The van der Waals surface area contributed by atoms with E-state index in [-0.39, 0.29) is 5.91 Å². The fraction of sp³-hybridized carbons (Fsp3) is 0.769. The van der Waals surface area contributed by atoms with Gasteiger partial charge in [-0.1, -0.05) is 12.5 Å². The predicted octanol–water partition coefficient (Wildman–Crippen LogP) is 1.70. The molecule has 0 radical (unpaired) electrons. The van der Waals surface area contributed by atoms with E-state index in [1.807, 2.05) is 13.0 Å². The SMILES string of the molecule is C/C=C/C(=O)N(CC1CCCCN1)C1CC1. The summed E-state index contributed by atoms with van der Waals surface area (Å²) in [6.45, 7) is 3.91. The molecule has 1 amide bonds. The van der Waals surface area contributed by atoms with Crippen LogP contribution in [-0.2, 0) is 4.79 Å². The number of allylic oxidation sites excluding steroid dienone is 1. The van der Waals surface area contributed by atoms with Crippen molar-refractivity contribution in [2.75, 3.05) is 13.1 Å². The van der Waals surface area contributed by atoms with Crippen LogP contribution in [0.25, 0.3) is 0 Å². The highest BCUT2D eigenvalue weighted by Gasteiger charge is 2.33. The number of nitrogens with one attached hydrogen (secondary N) is 1. The van der Waals surface area contributed by atoms with Crippen molar-refractivity contribution < 1.29 is 4.79 Å². The third kappa shape index (κ3) is 3.08. The van der Waals surface area contributed by atoms with Crippen LogP contribution < -0.4 is 5.32 Å². The maximum absolute atomic E-state index is 11.9. The van der Waals surface area contributed by atoms with Gasteiger partial charge in [0.2, 0.25) is 5.91 Å². The summed E-state index contributed by atoms with van der Waals surface area (Å²) in [6.07, 6.45) is 9.71. The van der Waals surface area contributed by atoms with E-state index in [9.17, 15) is 4.79 Å². The van der Waals surface area contributed by atoms with Crippen LogP contribution in [0.15, 0.2) is 12.2 Å². The van der Waals surface area contributed by atoms with Gasteiger partial charge in [0.25, 0.3) is 0 Å². The first-order valence-electron chi connectivity index (χ1n) is 6.48. The van der Waals surface area contributed by atoms with Gasteiger partial charge in [-0.15, -0.1) is 0 Å². The second kappa shape index (κ2) is 5.48. The maximum Gasteiger partial charge on any atom is 0.246 e. The summed E-state index contributed by atoms with van der Waals surface area (Å²) in [6, 6.07) is 1.04. The molecule has 1 aliphatic carbocycles. The van der Waals surface area contributed by atoms with Crippen molar-refractivity contribution in [2.24, 2.45) is 0 Å². The summed E-state index contributed by atoms with van der Waals surface area (Å²) in [5.41, 5.74) is 0. The van der Waals surface area contributed by atoms with E-state index in [2.05, 4.69) is 10.2 Å². The van der Waals surface area contributed by atoms with Gasteiger partial charge >= 0.3 is 0 Å². The molecule has 90 valence electrons.